The molecule has 0 amide bonds. The van der Waals surface area contributed by atoms with E-state index >= 15 is 0 Å². The molecule has 1 fully saturated rings. The zero-order valence-electron chi connectivity index (χ0n) is 12.2. The molecule has 0 saturated heterocycles. The third kappa shape index (κ3) is 2.78. The van der Waals surface area contributed by atoms with E-state index in [2.05, 4.69) is 0 Å². The van der Waals surface area contributed by atoms with Crippen LogP contribution in [0.5, 0.6) is 0 Å². The lowest BCUT2D eigenvalue weighted by Crippen LogP contribution is -2.36. The van der Waals surface area contributed by atoms with Crippen LogP contribution in [0.4, 0.5) is 0 Å². The Hall–Kier alpha value is -1.44. The highest BCUT2D eigenvalue weighted by atomic mass is 16.2. The highest BCUT2D eigenvalue weighted by Gasteiger charge is 2.57. The molecule has 0 N–H and O–H groups in total. The molecule has 0 aromatic heterocycles. The number of hydrogen-bond donors (Lipinski definition) is 0. The summed E-state index contributed by atoms with van der Waals surface area (Å²) in [5.74, 6) is 0.202. The zero-order chi connectivity index (χ0) is 14.3. The highest BCUT2D eigenvalue weighted by molar-refractivity contribution is 6.12. The maximum absolute atomic E-state index is 12.4. The standard InChI is InChI=1S/C17H22O2/c1-12-5-7-13(8-6-12)11-14(18)17(9-10-17)15(19)16(2,3)4/h5-8H,9-11H2,1-4H3. The molecule has 0 unspecified atom stereocenters. The van der Waals surface area contributed by atoms with Gasteiger partial charge in [-0.2, -0.15) is 0 Å². The Morgan fingerprint density at radius 3 is 2.05 bits per heavy atom. The molecule has 19 heavy (non-hydrogen) atoms. The van der Waals surface area contributed by atoms with Gasteiger partial charge in [0.1, 0.15) is 0 Å². The number of carbonyl (C=O) groups is 2. The first-order chi connectivity index (χ1) is 8.75. The Labute approximate surface area is 115 Å². The van der Waals surface area contributed by atoms with Crippen LogP contribution in [0.2, 0.25) is 0 Å². The Morgan fingerprint density at radius 2 is 1.63 bits per heavy atom. The topological polar surface area (TPSA) is 34.1 Å². The molecule has 0 aliphatic heterocycles. The van der Waals surface area contributed by atoms with Crippen LogP contribution in [0.3, 0.4) is 0 Å². The summed E-state index contributed by atoms with van der Waals surface area (Å²) >= 11 is 0. The van der Waals surface area contributed by atoms with Crippen molar-refractivity contribution >= 4 is 11.6 Å². The highest BCUT2D eigenvalue weighted by Crippen LogP contribution is 2.51. The number of hydrogen-bond acceptors (Lipinski definition) is 2. The van der Waals surface area contributed by atoms with Gasteiger partial charge in [-0.1, -0.05) is 50.6 Å². The minimum Gasteiger partial charge on any atom is -0.298 e. The van der Waals surface area contributed by atoms with Crippen LogP contribution in [0.25, 0.3) is 0 Å². The average Bonchev–Trinajstić information content (AvgIpc) is 3.11. The van der Waals surface area contributed by atoms with E-state index < -0.39 is 10.8 Å². The summed E-state index contributed by atoms with van der Waals surface area (Å²) in [4.78, 5) is 24.9. The minimum atomic E-state index is -0.677. The first kappa shape index (κ1) is 14.0. The summed E-state index contributed by atoms with van der Waals surface area (Å²) in [5.41, 5.74) is 1.08. The van der Waals surface area contributed by atoms with Crippen LogP contribution in [0, 0.1) is 17.8 Å². The summed E-state index contributed by atoms with van der Waals surface area (Å²) < 4.78 is 0. The van der Waals surface area contributed by atoms with Crippen LogP contribution in [0.15, 0.2) is 24.3 Å². The lowest BCUT2D eigenvalue weighted by atomic mass is 9.78. The monoisotopic (exact) mass is 258 g/mol. The van der Waals surface area contributed by atoms with E-state index in [1.54, 1.807) is 0 Å². The average molecular weight is 258 g/mol. The fourth-order valence-corrected chi connectivity index (χ4v) is 2.54. The van der Waals surface area contributed by atoms with Crippen molar-refractivity contribution in [2.45, 2.75) is 47.0 Å². The normalized spacial score (nSPS) is 17.1. The van der Waals surface area contributed by atoms with Crippen LogP contribution in [0.1, 0.15) is 44.7 Å². The van der Waals surface area contributed by atoms with E-state index in [0.717, 1.165) is 18.4 Å². The maximum Gasteiger partial charge on any atom is 0.151 e. The van der Waals surface area contributed by atoms with E-state index in [1.807, 2.05) is 52.0 Å². The van der Waals surface area contributed by atoms with E-state index in [-0.39, 0.29) is 11.6 Å². The van der Waals surface area contributed by atoms with Gasteiger partial charge in [0.2, 0.25) is 0 Å². The quantitative estimate of drug-likeness (QED) is 0.775. The molecule has 1 aromatic rings. The number of Topliss-reactive ketones (excluding diaryl/α,β-unsaturated/α-hetero) is 2. The number of aryl methyl sites for hydroxylation is 1. The molecule has 1 aliphatic carbocycles. The SMILES string of the molecule is Cc1ccc(CC(=O)C2(C(=O)C(C)(C)C)CC2)cc1. The van der Waals surface area contributed by atoms with Crippen LogP contribution >= 0.6 is 0 Å². The lowest BCUT2D eigenvalue weighted by molar-refractivity contribution is -0.139. The van der Waals surface area contributed by atoms with Crippen LogP contribution in [-0.4, -0.2) is 11.6 Å². The molecule has 2 rings (SSSR count). The molecule has 1 aliphatic rings. The van der Waals surface area contributed by atoms with Gasteiger partial charge >= 0.3 is 0 Å². The van der Waals surface area contributed by atoms with Gasteiger partial charge in [0, 0.05) is 11.8 Å². The van der Waals surface area contributed by atoms with Gasteiger partial charge in [-0.15, -0.1) is 0 Å². The first-order valence-electron chi connectivity index (χ1n) is 6.89. The molecule has 0 radical (unpaired) electrons. The van der Waals surface area contributed by atoms with Crippen molar-refractivity contribution in [3.63, 3.8) is 0 Å². The Morgan fingerprint density at radius 1 is 1.11 bits per heavy atom. The van der Waals surface area contributed by atoms with Gasteiger partial charge in [-0.3, -0.25) is 9.59 Å². The second kappa shape index (κ2) is 4.59. The molecule has 2 heteroatoms. The zero-order valence-corrected chi connectivity index (χ0v) is 12.2. The van der Waals surface area contributed by atoms with Crippen LogP contribution < -0.4 is 0 Å². The number of rotatable bonds is 4. The molecule has 0 spiro atoms. The minimum absolute atomic E-state index is 0.0938. The summed E-state index contributed by atoms with van der Waals surface area (Å²) in [6.45, 7) is 7.72. The molecule has 0 heterocycles. The number of benzene rings is 1. The predicted octanol–water partition coefficient (Wildman–Crippen LogP) is 3.50. The van der Waals surface area contributed by atoms with Crippen LogP contribution in [-0.2, 0) is 16.0 Å². The third-order valence-corrected chi connectivity index (χ3v) is 3.88. The smallest absolute Gasteiger partial charge is 0.151 e. The van der Waals surface area contributed by atoms with Gasteiger partial charge in [-0.05, 0) is 25.3 Å². The van der Waals surface area contributed by atoms with E-state index in [9.17, 15) is 9.59 Å². The van der Waals surface area contributed by atoms with Gasteiger partial charge in [0.25, 0.3) is 0 Å². The summed E-state index contributed by atoms with van der Waals surface area (Å²) in [7, 11) is 0. The largest absolute Gasteiger partial charge is 0.298 e. The number of ketones is 2. The van der Waals surface area contributed by atoms with Crippen molar-refractivity contribution in [2.75, 3.05) is 0 Å². The Kier molecular flexibility index (Phi) is 3.38. The summed E-state index contributed by atoms with van der Waals surface area (Å²) in [6.07, 6.45) is 1.84. The predicted molar refractivity (Wildman–Crippen MR) is 76.0 cm³/mol. The molecule has 1 saturated carbocycles. The van der Waals surface area contributed by atoms with Gasteiger partial charge < -0.3 is 0 Å². The van der Waals surface area contributed by atoms with Crippen molar-refractivity contribution in [3.8, 4) is 0 Å². The first-order valence-corrected chi connectivity index (χ1v) is 6.89. The van der Waals surface area contributed by atoms with E-state index in [1.165, 1.54) is 5.56 Å². The lowest BCUT2D eigenvalue weighted by Gasteiger charge is -2.23. The van der Waals surface area contributed by atoms with E-state index in [0.29, 0.717) is 6.42 Å². The van der Waals surface area contributed by atoms with Crippen molar-refractivity contribution in [1.82, 2.24) is 0 Å². The second-order valence-corrected chi connectivity index (χ2v) is 6.75. The van der Waals surface area contributed by atoms with Gasteiger partial charge in [0.15, 0.2) is 11.6 Å². The van der Waals surface area contributed by atoms with E-state index in [4.69, 9.17) is 0 Å². The molecule has 0 bridgehead atoms. The number of carbonyl (C=O) groups excluding carboxylic acids is 2. The van der Waals surface area contributed by atoms with Crippen molar-refractivity contribution < 1.29 is 9.59 Å². The second-order valence-electron chi connectivity index (χ2n) is 6.75. The van der Waals surface area contributed by atoms with Gasteiger partial charge in [0.05, 0.1) is 5.41 Å². The summed E-state index contributed by atoms with van der Waals surface area (Å²) in [5, 5.41) is 0. The fourth-order valence-electron chi connectivity index (χ4n) is 2.54. The molecule has 1 aromatic carbocycles. The molecular formula is C17H22O2. The summed E-state index contributed by atoms with van der Waals surface area (Å²) in [6, 6.07) is 7.97. The van der Waals surface area contributed by atoms with Gasteiger partial charge in [-0.25, -0.2) is 0 Å². The fraction of sp³-hybridized carbons (Fsp3) is 0.529. The Bertz CT molecular complexity index is 499. The molecule has 102 valence electrons. The van der Waals surface area contributed by atoms with Crippen molar-refractivity contribution in [3.05, 3.63) is 35.4 Å². The molecule has 2 nitrogen and oxygen atoms in total. The molecular weight excluding hydrogens is 236 g/mol. The van der Waals surface area contributed by atoms with Crippen molar-refractivity contribution in [2.24, 2.45) is 10.8 Å². The maximum atomic E-state index is 12.4. The van der Waals surface area contributed by atoms with Crippen molar-refractivity contribution in [1.29, 1.82) is 0 Å². The third-order valence-electron chi connectivity index (χ3n) is 3.88. The molecule has 0 atom stereocenters. The Balaban J connectivity index is 2.12.